The number of hydrogen-bond donors (Lipinski definition) is 2. The van der Waals surface area contributed by atoms with E-state index in [1.807, 2.05) is 37.6 Å². The highest BCUT2D eigenvalue weighted by Gasteiger charge is 2.21. The quantitative estimate of drug-likeness (QED) is 0.355. The number of nitrogens with one attached hydrogen (secondary N) is 2. The minimum atomic E-state index is -0.504. The van der Waals surface area contributed by atoms with Gasteiger partial charge in [-0.05, 0) is 70.6 Å². The van der Waals surface area contributed by atoms with E-state index in [1.54, 1.807) is 12.4 Å². The lowest BCUT2D eigenvalue weighted by Gasteiger charge is -2.23. The van der Waals surface area contributed by atoms with Crippen LogP contribution in [0.3, 0.4) is 0 Å². The summed E-state index contributed by atoms with van der Waals surface area (Å²) < 4.78 is 24.9. The molecule has 1 fully saturated rings. The van der Waals surface area contributed by atoms with E-state index < -0.39 is 11.7 Å². The number of rotatable bonds is 11. The van der Waals surface area contributed by atoms with Crippen molar-refractivity contribution < 1.29 is 23.7 Å². The number of fused-ring (bicyclic) bond motifs is 1. The fourth-order valence-electron chi connectivity index (χ4n) is 4.23. The number of nitrogens with zero attached hydrogens (tertiary/aromatic N) is 3. The van der Waals surface area contributed by atoms with Crippen molar-refractivity contribution in [1.82, 2.24) is 25.3 Å². The maximum Gasteiger partial charge on any atom is 0.407 e. The van der Waals surface area contributed by atoms with E-state index in [4.69, 9.17) is 18.9 Å². The summed E-state index contributed by atoms with van der Waals surface area (Å²) in [4.78, 5) is 23.5. The molecule has 11 nitrogen and oxygen atoms in total. The summed E-state index contributed by atoms with van der Waals surface area (Å²) in [5.41, 5.74) is 1.60. The van der Waals surface area contributed by atoms with Gasteiger partial charge in [-0.25, -0.2) is 14.6 Å². The molecule has 11 heteroatoms. The minimum Gasteiger partial charge on any atom is -0.490 e. The number of hydrogen-bond acceptors (Lipinski definition) is 8. The van der Waals surface area contributed by atoms with Crippen LogP contribution in [0.5, 0.6) is 5.75 Å². The molecule has 1 aliphatic rings. The smallest absolute Gasteiger partial charge is 0.407 e. The van der Waals surface area contributed by atoms with Crippen LogP contribution in [0.4, 0.5) is 4.79 Å². The van der Waals surface area contributed by atoms with Crippen LogP contribution in [0.15, 0.2) is 35.4 Å². The highest BCUT2D eigenvalue weighted by Crippen LogP contribution is 2.35. The van der Waals surface area contributed by atoms with E-state index in [0.717, 1.165) is 48.6 Å². The van der Waals surface area contributed by atoms with Gasteiger partial charge in [0.15, 0.2) is 6.23 Å². The summed E-state index contributed by atoms with van der Waals surface area (Å²) >= 11 is 0. The summed E-state index contributed by atoms with van der Waals surface area (Å²) in [7, 11) is 0. The highest BCUT2D eigenvalue weighted by atomic mass is 16.6. The van der Waals surface area contributed by atoms with Crippen LogP contribution in [-0.4, -0.2) is 64.6 Å². The Hall–Kier alpha value is -3.44. The van der Waals surface area contributed by atoms with Crippen LogP contribution in [0.2, 0.25) is 0 Å². The van der Waals surface area contributed by atoms with Crippen molar-refractivity contribution in [3.05, 3.63) is 40.9 Å². The molecule has 2 aromatic heterocycles. The first-order valence-electron chi connectivity index (χ1n) is 13.2. The van der Waals surface area contributed by atoms with Gasteiger partial charge < -0.3 is 24.3 Å². The number of aromatic nitrogens is 4. The van der Waals surface area contributed by atoms with E-state index in [1.165, 1.54) is 6.07 Å². The summed E-state index contributed by atoms with van der Waals surface area (Å²) in [6, 6.07) is 5.40. The summed E-state index contributed by atoms with van der Waals surface area (Å²) in [5.74, 6) is 0.657. The Morgan fingerprint density at radius 3 is 2.76 bits per heavy atom. The lowest BCUT2D eigenvalue weighted by molar-refractivity contribution is -0.0366. The van der Waals surface area contributed by atoms with Gasteiger partial charge in [0.2, 0.25) is 0 Å². The van der Waals surface area contributed by atoms with E-state index >= 15 is 0 Å². The number of aromatic amines is 1. The Morgan fingerprint density at radius 1 is 1.13 bits per heavy atom. The largest absolute Gasteiger partial charge is 0.490 e. The van der Waals surface area contributed by atoms with Crippen LogP contribution in [0.1, 0.15) is 59.1 Å². The number of amides is 1. The summed E-state index contributed by atoms with van der Waals surface area (Å²) in [6.45, 7) is 8.07. The SMILES string of the molecule is CC(C)(C)OC(=O)NCCCCOCCOc1cc(-c2cn[nH]c(=O)c2)cc2c1cnn2C1CCCCO1. The number of benzene rings is 1. The zero-order valence-corrected chi connectivity index (χ0v) is 22.3. The molecule has 1 unspecified atom stereocenters. The molecule has 1 aliphatic heterocycles. The number of H-pyrrole nitrogens is 1. The molecule has 0 aliphatic carbocycles. The molecule has 0 spiro atoms. The van der Waals surface area contributed by atoms with Crippen molar-refractivity contribution in [3.63, 3.8) is 0 Å². The molecule has 1 atom stereocenters. The highest BCUT2D eigenvalue weighted by molar-refractivity contribution is 5.90. The lowest BCUT2D eigenvalue weighted by atomic mass is 10.1. The zero-order chi connectivity index (χ0) is 27.0. The van der Waals surface area contributed by atoms with Gasteiger partial charge in [0.1, 0.15) is 18.0 Å². The average Bonchev–Trinajstić information content (AvgIpc) is 3.31. The molecule has 3 aromatic rings. The molecule has 1 saturated heterocycles. The molecule has 0 radical (unpaired) electrons. The molecule has 1 amide bonds. The molecule has 3 heterocycles. The third kappa shape index (κ3) is 7.78. The van der Waals surface area contributed by atoms with Gasteiger partial charge in [-0.2, -0.15) is 10.2 Å². The lowest BCUT2D eigenvalue weighted by Crippen LogP contribution is -2.33. The number of carbonyl (C=O) groups is 1. The van der Waals surface area contributed by atoms with E-state index in [2.05, 4.69) is 20.6 Å². The second-order valence-electron chi connectivity index (χ2n) is 10.2. The van der Waals surface area contributed by atoms with E-state index in [9.17, 15) is 9.59 Å². The minimum absolute atomic E-state index is 0.130. The molecular formula is C27H37N5O6. The number of ether oxygens (including phenoxy) is 4. The molecule has 38 heavy (non-hydrogen) atoms. The number of alkyl carbamates (subject to hydrolysis) is 1. The molecular weight excluding hydrogens is 490 g/mol. The first kappa shape index (κ1) is 27.6. The monoisotopic (exact) mass is 527 g/mol. The maximum atomic E-state index is 11.9. The Morgan fingerprint density at radius 2 is 2.00 bits per heavy atom. The molecule has 1 aromatic carbocycles. The zero-order valence-electron chi connectivity index (χ0n) is 22.3. The summed E-state index contributed by atoms with van der Waals surface area (Å²) in [6.07, 6.45) is 7.49. The van der Waals surface area contributed by atoms with Gasteiger partial charge in [0, 0.05) is 31.4 Å². The van der Waals surface area contributed by atoms with Crippen molar-refractivity contribution >= 4 is 17.0 Å². The number of carbonyl (C=O) groups excluding carboxylic acids is 1. The Labute approximate surface area is 221 Å². The first-order chi connectivity index (χ1) is 18.3. The van der Waals surface area contributed by atoms with Gasteiger partial charge >= 0.3 is 6.09 Å². The average molecular weight is 528 g/mol. The van der Waals surface area contributed by atoms with Crippen molar-refractivity contribution in [1.29, 1.82) is 0 Å². The van der Waals surface area contributed by atoms with Crippen molar-refractivity contribution in [2.45, 2.75) is 64.7 Å². The van der Waals surface area contributed by atoms with Crippen molar-refractivity contribution in [3.8, 4) is 16.9 Å². The van der Waals surface area contributed by atoms with Gasteiger partial charge in [0.25, 0.3) is 5.56 Å². The fourth-order valence-corrected chi connectivity index (χ4v) is 4.23. The van der Waals surface area contributed by atoms with Crippen molar-refractivity contribution in [2.75, 3.05) is 33.0 Å². The number of unbranched alkanes of at least 4 members (excludes halogenated alkanes) is 1. The maximum absolute atomic E-state index is 11.9. The van der Waals surface area contributed by atoms with Crippen molar-refractivity contribution in [2.24, 2.45) is 0 Å². The Bertz CT molecular complexity index is 1260. The molecule has 0 saturated carbocycles. The van der Waals surface area contributed by atoms with Crippen LogP contribution < -0.4 is 15.6 Å². The topological polar surface area (TPSA) is 130 Å². The second-order valence-corrected chi connectivity index (χ2v) is 10.2. The van der Waals surface area contributed by atoms with Gasteiger partial charge in [0.05, 0.1) is 29.9 Å². The molecule has 206 valence electrons. The predicted molar refractivity (Wildman–Crippen MR) is 142 cm³/mol. The normalized spacial score (nSPS) is 15.9. The van der Waals surface area contributed by atoms with Crippen LogP contribution >= 0.6 is 0 Å². The van der Waals surface area contributed by atoms with Gasteiger partial charge in [-0.1, -0.05) is 0 Å². The van der Waals surface area contributed by atoms with Crippen LogP contribution in [0, 0.1) is 0 Å². The fraction of sp³-hybridized carbons (Fsp3) is 0.556. The Kier molecular flexibility index (Phi) is 9.35. The molecule has 2 N–H and O–H groups in total. The van der Waals surface area contributed by atoms with E-state index in [0.29, 0.717) is 44.3 Å². The molecule has 0 bridgehead atoms. The second kappa shape index (κ2) is 12.9. The molecule has 4 rings (SSSR count). The third-order valence-electron chi connectivity index (χ3n) is 5.97. The first-order valence-corrected chi connectivity index (χ1v) is 13.2. The van der Waals surface area contributed by atoms with Gasteiger partial charge in [-0.15, -0.1) is 0 Å². The third-order valence-corrected chi connectivity index (χ3v) is 5.97. The predicted octanol–water partition coefficient (Wildman–Crippen LogP) is 4.19. The van der Waals surface area contributed by atoms with Crippen LogP contribution in [0.25, 0.3) is 22.0 Å². The Balaban J connectivity index is 1.33. The summed E-state index contributed by atoms with van der Waals surface area (Å²) in [5, 5.41) is 14.6. The van der Waals surface area contributed by atoms with Gasteiger partial charge in [-0.3, -0.25) is 4.79 Å². The van der Waals surface area contributed by atoms with Crippen LogP contribution in [-0.2, 0) is 14.2 Å². The standard InChI is InChI=1S/C27H37N5O6/c1-27(2,3)38-26(34)28-9-5-7-10-35-12-13-36-23-15-19(20-16-24(33)31-29-17-20)14-22-21(23)18-30-32(22)25-8-4-6-11-37-25/h14-18,25H,4-13H2,1-3H3,(H,28,34)(H,31,33). The van der Waals surface area contributed by atoms with E-state index in [-0.39, 0.29) is 11.8 Å².